The Labute approximate surface area is 159 Å². The number of alkyl carbamates (subject to hydrolysis) is 1. The fourth-order valence-electron chi connectivity index (χ4n) is 3.57. The van der Waals surface area contributed by atoms with Gasteiger partial charge in [0, 0.05) is 23.4 Å². The third-order valence-corrected chi connectivity index (χ3v) is 5.32. The van der Waals surface area contributed by atoms with Gasteiger partial charge in [0.2, 0.25) is 0 Å². The Hall–Kier alpha value is -2.98. The minimum absolute atomic E-state index is 0.0299. The lowest BCUT2D eigenvalue weighted by Crippen LogP contribution is -2.42. The maximum absolute atomic E-state index is 12.3. The molecule has 6 nitrogen and oxygen atoms in total. The first kappa shape index (κ1) is 18.8. The van der Waals surface area contributed by atoms with Crippen LogP contribution in [0.25, 0.3) is 21.6 Å². The van der Waals surface area contributed by atoms with E-state index in [2.05, 4.69) is 39.6 Å². The van der Waals surface area contributed by atoms with E-state index >= 15 is 0 Å². The van der Waals surface area contributed by atoms with Crippen molar-refractivity contribution in [1.29, 1.82) is 0 Å². The molecule has 0 aliphatic heterocycles. The fourth-order valence-corrected chi connectivity index (χ4v) is 3.57. The smallest absolute Gasteiger partial charge is 0.407 e. The second kappa shape index (κ2) is 8.60. The molecule has 0 aromatic heterocycles. The largest absolute Gasteiger partial charge is 0.449 e. The molecule has 0 bridgehead atoms. The number of fused-ring (bicyclic) bond motifs is 3. The third kappa shape index (κ3) is 4.07. The molecular formula is C21H24N4O2. The molecule has 1 aliphatic rings. The molecule has 140 valence electrons. The van der Waals surface area contributed by atoms with Gasteiger partial charge < -0.3 is 10.1 Å². The Morgan fingerprint density at radius 2 is 1.78 bits per heavy atom. The second-order valence-electron chi connectivity index (χ2n) is 6.88. The minimum Gasteiger partial charge on any atom is -0.449 e. The SMILES string of the molecule is CC[C@H](C)[C@@H](CN=[N+]=[N-])NC(=O)OCC1c2ccccc2-c2ccccc21. The molecule has 27 heavy (non-hydrogen) atoms. The van der Waals surface area contributed by atoms with E-state index in [4.69, 9.17) is 10.3 Å². The molecule has 0 radical (unpaired) electrons. The van der Waals surface area contributed by atoms with E-state index in [9.17, 15) is 4.79 Å². The monoisotopic (exact) mass is 364 g/mol. The van der Waals surface area contributed by atoms with Gasteiger partial charge in [0.25, 0.3) is 0 Å². The summed E-state index contributed by atoms with van der Waals surface area (Å²) in [4.78, 5) is 15.1. The molecule has 0 unspecified atom stereocenters. The van der Waals surface area contributed by atoms with Crippen molar-refractivity contribution >= 4 is 6.09 Å². The number of carbonyl (C=O) groups excluding carboxylic acids is 1. The van der Waals surface area contributed by atoms with Gasteiger partial charge in [-0.25, -0.2) is 4.79 Å². The molecule has 0 saturated carbocycles. The average molecular weight is 364 g/mol. The number of benzene rings is 2. The van der Waals surface area contributed by atoms with Gasteiger partial charge in [-0.2, -0.15) is 0 Å². The predicted molar refractivity (Wildman–Crippen MR) is 105 cm³/mol. The highest BCUT2D eigenvalue weighted by Crippen LogP contribution is 2.44. The first-order valence-electron chi connectivity index (χ1n) is 9.28. The lowest BCUT2D eigenvalue weighted by Gasteiger charge is -2.23. The zero-order chi connectivity index (χ0) is 19.2. The molecule has 2 atom stereocenters. The van der Waals surface area contributed by atoms with Gasteiger partial charge in [0.1, 0.15) is 6.61 Å². The van der Waals surface area contributed by atoms with Gasteiger partial charge in [0.15, 0.2) is 0 Å². The average Bonchev–Trinajstić information content (AvgIpc) is 3.03. The van der Waals surface area contributed by atoms with Crippen molar-refractivity contribution < 1.29 is 9.53 Å². The summed E-state index contributed by atoms with van der Waals surface area (Å²) in [6.07, 6.45) is 0.394. The Balaban J connectivity index is 1.69. The number of amides is 1. The Morgan fingerprint density at radius 1 is 1.19 bits per heavy atom. The molecule has 2 aromatic rings. The van der Waals surface area contributed by atoms with Gasteiger partial charge in [-0.1, -0.05) is 73.9 Å². The molecule has 6 heteroatoms. The lowest BCUT2D eigenvalue weighted by molar-refractivity contribution is 0.135. The van der Waals surface area contributed by atoms with Crippen LogP contribution in [-0.4, -0.2) is 25.3 Å². The van der Waals surface area contributed by atoms with Crippen LogP contribution in [0.1, 0.15) is 37.3 Å². The predicted octanol–water partition coefficient (Wildman–Crippen LogP) is 5.25. The van der Waals surface area contributed by atoms with Crippen molar-refractivity contribution in [3.05, 3.63) is 70.1 Å². The van der Waals surface area contributed by atoms with Crippen molar-refractivity contribution in [3.63, 3.8) is 0 Å². The van der Waals surface area contributed by atoms with Crippen molar-refractivity contribution in [2.75, 3.05) is 13.2 Å². The van der Waals surface area contributed by atoms with Crippen molar-refractivity contribution in [1.82, 2.24) is 5.32 Å². The number of nitrogens with one attached hydrogen (secondary N) is 1. The lowest BCUT2D eigenvalue weighted by atomic mass is 9.98. The van der Waals surface area contributed by atoms with Crippen LogP contribution in [0.3, 0.4) is 0 Å². The molecule has 1 amide bonds. The molecule has 0 spiro atoms. The first-order chi connectivity index (χ1) is 13.2. The number of nitrogens with zero attached hydrogens (tertiary/aromatic N) is 3. The summed E-state index contributed by atoms with van der Waals surface area (Å²) in [5, 5.41) is 6.45. The zero-order valence-electron chi connectivity index (χ0n) is 15.6. The van der Waals surface area contributed by atoms with Crippen LogP contribution in [0.15, 0.2) is 53.6 Å². The molecule has 2 aromatic carbocycles. The van der Waals surface area contributed by atoms with E-state index in [1.165, 1.54) is 22.3 Å². The van der Waals surface area contributed by atoms with Crippen LogP contribution in [0.2, 0.25) is 0 Å². The Morgan fingerprint density at radius 3 is 2.33 bits per heavy atom. The normalized spacial score (nSPS) is 14.4. The highest BCUT2D eigenvalue weighted by molar-refractivity contribution is 5.79. The minimum atomic E-state index is -0.477. The van der Waals surface area contributed by atoms with Crippen molar-refractivity contribution in [2.45, 2.75) is 32.2 Å². The Kier molecular flexibility index (Phi) is 5.99. The quantitative estimate of drug-likeness (QED) is 0.413. The first-order valence-corrected chi connectivity index (χ1v) is 9.28. The highest BCUT2D eigenvalue weighted by atomic mass is 16.5. The summed E-state index contributed by atoms with van der Waals surface area (Å²) in [5.41, 5.74) is 13.3. The van der Waals surface area contributed by atoms with Crippen LogP contribution in [-0.2, 0) is 4.74 Å². The maximum Gasteiger partial charge on any atom is 0.407 e. The summed E-state index contributed by atoms with van der Waals surface area (Å²) in [5.74, 6) is 0.221. The van der Waals surface area contributed by atoms with E-state index in [-0.39, 0.29) is 31.0 Å². The summed E-state index contributed by atoms with van der Waals surface area (Å²) in [6, 6.07) is 16.2. The van der Waals surface area contributed by atoms with Gasteiger partial charge in [-0.3, -0.25) is 0 Å². The number of hydrogen-bond donors (Lipinski definition) is 1. The number of ether oxygens (including phenoxy) is 1. The molecule has 3 rings (SSSR count). The van der Waals surface area contributed by atoms with Gasteiger partial charge in [-0.05, 0) is 33.7 Å². The summed E-state index contributed by atoms with van der Waals surface area (Å²) in [6.45, 7) is 4.54. The van der Waals surface area contributed by atoms with E-state index in [0.29, 0.717) is 0 Å². The van der Waals surface area contributed by atoms with Gasteiger partial charge >= 0.3 is 6.09 Å². The molecule has 1 N–H and O–H groups in total. The van der Waals surface area contributed by atoms with E-state index in [1.54, 1.807) is 0 Å². The molecule has 0 heterocycles. The number of azide groups is 1. The number of hydrogen-bond acceptors (Lipinski definition) is 3. The van der Waals surface area contributed by atoms with E-state index in [1.807, 2.05) is 38.1 Å². The maximum atomic E-state index is 12.3. The van der Waals surface area contributed by atoms with Crippen LogP contribution in [0.4, 0.5) is 4.79 Å². The van der Waals surface area contributed by atoms with E-state index in [0.717, 1.165) is 6.42 Å². The standard InChI is InChI=1S/C21H24N4O2/c1-3-14(2)20(12-23-25-22)24-21(26)27-13-19-17-10-6-4-8-15(17)16-9-5-7-11-18(16)19/h4-11,14,19-20H,3,12-13H2,1-2H3,(H,24,26)/t14-,20+/m0/s1. The number of rotatable bonds is 7. The van der Waals surface area contributed by atoms with E-state index < -0.39 is 6.09 Å². The number of carbonyl (C=O) groups is 1. The zero-order valence-corrected chi connectivity index (χ0v) is 15.6. The molecule has 0 fully saturated rings. The van der Waals surface area contributed by atoms with Crippen molar-refractivity contribution in [2.24, 2.45) is 11.0 Å². The third-order valence-electron chi connectivity index (χ3n) is 5.32. The second-order valence-corrected chi connectivity index (χ2v) is 6.88. The fraction of sp³-hybridized carbons (Fsp3) is 0.381. The summed E-state index contributed by atoms with van der Waals surface area (Å²) >= 11 is 0. The van der Waals surface area contributed by atoms with Crippen LogP contribution in [0, 0.1) is 5.92 Å². The van der Waals surface area contributed by atoms with Crippen LogP contribution in [0.5, 0.6) is 0 Å². The Bertz CT molecular complexity index is 815. The molecule has 0 saturated heterocycles. The highest BCUT2D eigenvalue weighted by Gasteiger charge is 2.29. The molecular weight excluding hydrogens is 340 g/mol. The topological polar surface area (TPSA) is 87.1 Å². The van der Waals surface area contributed by atoms with Gasteiger partial charge in [0.05, 0.1) is 0 Å². The van der Waals surface area contributed by atoms with Gasteiger partial charge in [-0.15, -0.1) is 0 Å². The summed E-state index contributed by atoms with van der Waals surface area (Å²) in [7, 11) is 0. The van der Waals surface area contributed by atoms with Crippen LogP contribution < -0.4 is 5.32 Å². The summed E-state index contributed by atoms with van der Waals surface area (Å²) < 4.78 is 5.56. The molecule has 1 aliphatic carbocycles. The van der Waals surface area contributed by atoms with Crippen LogP contribution >= 0.6 is 0 Å². The van der Waals surface area contributed by atoms with Crippen molar-refractivity contribution in [3.8, 4) is 11.1 Å².